The summed E-state index contributed by atoms with van der Waals surface area (Å²) in [6, 6.07) is 10.3. The molecule has 4 N–H and O–H groups in total. The Hall–Kier alpha value is -7.56. The van der Waals surface area contributed by atoms with Crippen LogP contribution in [0.1, 0.15) is 87.4 Å². The van der Waals surface area contributed by atoms with E-state index in [1.165, 1.54) is 20.3 Å². The SMILES string of the molecule is COc1c(C(=O)C#CCOc2ccc(CO)c(CO)c2)cc([N+](=O)[O-])c2c1C=CC(C)(C)O2.COc1c(C(=O)C2=Cc3cc(CO)c(CO)cc3OC2)cc([N+](=O)[O-])c2c1C=CC(C)(C)O2. The number of aliphatic hydroxyl groups is 4. The molecule has 0 atom stereocenters. The highest BCUT2D eigenvalue weighted by molar-refractivity contribution is 6.15. The van der Waals surface area contributed by atoms with Crippen molar-refractivity contribution in [2.45, 2.75) is 65.3 Å². The molecule has 66 heavy (non-hydrogen) atoms. The lowest BCUT2D eigenvalue weighted by atomic mass is 9.93. The van der Waals surface area contributed by atoms with E-state index < -0.39 is 32.6 Å². The fourth-order valence-electron chi connectivity index (χ4n) is 7.24. The molecule has 4 aromatic rings. The van der Waals surface area contributed by atoms with Gasteiger partial charge in [0.2, 0.25) is 17.3 Å². The van der Waals surface area contributed by atoms with Crippen LogP contribution in [0, 0.1) is 32.1 Å². The highest BCUT2D eigenvalue weighted by atomic mass is 16.6. The van der Waals surface area contributed by atoms with Gasteiger partial charge in [-0.15, -0.1) is 0 Å². The van der Waals surface area contributed by atoms with Crippen molar-refractivity contribution in [2.75, 3.05) is 27.4 Å². The number of fused-ring (bicyclic) bond motifs is 3. The minimum absolute atomic E-state index is 0.0172. The number of rotatable bonds is 13. The second-order valence-electron chi connectivity index (χ2n) is 16.0. The van der Waals surface area contributed by atoms with Gasteiger partial charge in [0, 0.05) is 23.3 Å². The number of benzene rings is 4. The molecule has 0 bridgehead atoms. The molecule has 0 saturated heterocycles. The average molecular weight is 907 g/mol. The third-order valence-electron chi connectivity index (χ3n) is 10.5. The number of methoxy groups -OCH3 is 2. The van der Waals surface area contributed by atoms with E-state index in [0.717, 1.165) is 6.07 Å². The largest absolute Gasteiger partial charge is 0.495 e. The van der Waals surface area contributed by atoms with Crippen LogP contribution in [0.2, 0.25) is 0 Å². The maximum Gasteiger partial charge on any atom is 0.312 e. The fraction of sp³-hybridized carbons (Fsp3) is 0.292. The molecular formula is C48H46N2O16. The van der Waals surface area contributed by atoms with Gasteiger partial charge < -0.3 is 48.8 Å². The molecule has 344 valence electrons. The summed E-state index contributed by atoms with van der Waals surface area (Å²) in [4.78, 5) is 48.4. The number of ketones is 2. The van der Waals surface area contributed by atoms with Crippen LogP contribution in [0.5, 0.6) is 34.5 Å². The molecule has 7 rings (SSSR count). The van der Waals surface area contributed by atoms with Crippen molar-refractivity contribution in [3.63, 3.8) is 0 Å². The molecular weight excluding hydrogens is 861 g/mol. The van der Waals surface area contributed by atoms with E-state index in [1.807, 2.05) is 0 Å². The third kappa shape index (κ3) is 10.0. The van der Waals surface area contributed by atoms with Crippen LogP contribution in [0.15, 0.2) is 60.2 Å². The Kier molecular flexibility index (Phi) is 14.3. The summed E-state index contributed by atoms with van der Waals surface area (Å²) in [5.41, 5.74) is 1.34. The smallest absolute Gasteiger partial charge is 0.312 e. The van der Waals surface area contributed by atoms with E-state index >= 15 is 0 Å². The highest BCUT2D eigenvalue weighted by Gasteiger charge is 2.36. The van der Waals surface area contributed by atoms with E-state index in [0.29, 0.717) is 50.4 Å². The molecule has 0 aromatic heterocycles. The van der Waals surface area contributed by atoms with Gasteiger partial charge in [0.25, 0.3) is 0 Å². The third-order valence-corrected chi connectivity index (χ3v) is 10.5. The van der Waals surface area contributed by atoms with Gasteiger partial charge in [0.15, 0.2) is 5.78 Å². The summed E-state index contributed by atoms with van der Waals surface area (Å²) in [6.07, 6.45) is 8.36. The average Bonchev–Trinajstić information content (AvgIpc) is 3.29. The van der Waals surface area contributed by atoms with Gasteiger partial charge in [-0.1, -0.05) is 12.0 Å². The van der Waals surface area contributed by atoms with Crippen LogP contribution in [-0.2, 0) is 26.4 Å². The Morgan fingerprint density at radius 3 is 1.77 bits per heavy atom. The molecule has 3 aliphatic rings. The summed E-state index contributed by atoms with van der Waals surface area (Å²) in [5, 5.41) is 61.1. The van der Waals surface area contributed by atoms with E-state index in [1.54, 1.807) is 88.4 Å². The molecule has 4 aromatic carbocycles. The van der Waals surface area contributed by atoms with Gasteiger partial charge in [-0.2, -0.15) is 0 Å². The Labute approximate surface area is 378 Å². The summed E-state index contributed by atoms with van der Waals surface area (Å²) >= 11 is 0. The Bertz CT molecular complexity index is 2790. The van der Waals surface area contributed by atoms with Crippen molar-refractivity contribution in [1.29, 1.82) is 0 Å². The maximum atomic E-state index is 13.4. The molecule has 3 heterocycles. The Balaban J connectivity index is 0.000000218. The molecule has 0 fully saturated rings. The highest BCUT2D eigenvalue weighted by Crippen LogP contribution is 2.47. The van der Waals surface area contributed by atoms with Crippen molar-refractivity contribution in [1.82, 2.24) is 0 Å². The lowest BCUT2D eigenvalue weighted by molar-refractivity contribution is -0.386. The lowest BCUT2D eigenvalue weighted by Crippen LogP contribution is -2.28. The summed E-state index contributed by atoms with van der Waals surface area (Å²) in [7, 11) is 2.74. The summed E-state index contributed by atoms with van der Waals surface area (Å²) in [6.45, 7) is 5.84. The van der Waals surface area contributed by atoms with Crippen LogP contribution in [0.3, 0.4) is 0 Å². The minimum Gasteiger partial charge on any atom is -0.495 e. The number of aliphatic hydroxyl groups excluding tert-OH is 4. The van der Waals surface area contributed by atoms with E-state index in [-0.39, 0.29) is 90.7 Å². The quantitative estimate of drug-likeness (QED) is 0.0369. The van der Waals surface area contributed by atoms with E-state index in [9.17, 15) is 50.2 Å². The number of ether oxygens (including phenoxy) is 6. The molecule has 0 unspecified atom stereocenters. The number of nitrogens with zero attached hydrogens (tertiary/aromatic N) is 2. The number of hydrogen-bond donors (Lipinski definition) is 4. The number of carbonyl (C=O) groups excluding carboxylic acids is 2. The van der Waals surface area contributed by atoms with Crippen molar-refractivity contribution in [2.24, 2.45) is 0 Å². The minimum atomic E-state index is -0.754. The molecule has 0 saturated carbocycles. The van der Waals surface area contributed by atoms with Gasteiger partial charge in [0.05, 0.1) is 72.7 Å². The molecule has 0 spiro atoms. The van der Waals surface area contributed by atoms with Crippen molar-refractivity contribution >= 4 is 41.2 Å². The zero-order valence-electron chi connectivity index (χ0n) is 36.8. The number of nitro benzene ring substituents is 2. The first kappa shape index (κ1) is 47.9. The normalized spacial score (nSPS) is 14.4. The van der Waals surface area contributed by atoms with Crippen LogP contribution < -0.4 is 28.4 Å². The zero-order chi connectivity index (χ0) is 48.1. The van der Waals surface area contributed by atoms with Gasteiger partial charge in [-0.05, 0) is 111 Å². The van der Waals surface area contributed by atoms with Crippen molar-refractivity contribution in [3.05, 3.63) is 130 Å². The van der Waals surface area contributed by atoms with Gasteiger partial charge in [-0.25, -0.2) is 0 Å². The predicted octanol–water partition coefficient (Wildman–Crippen LogP) is 6.47. The van der Waals surface area contributed by atoms with E-state index in [4.69, 9.17) is 28.4 Å². The van der Waals surface area contributed by atoms with Gasteiger partial charge in [-0.3, -0.25) is 29.8 Å². The second kappa shape index (κ2) is 19.7. The number of nitro groups is 2. The molecule has 18 nitrogen and oxygen atoms in total. The van der Waals surface area contributed by atoms with Gasteiger partial charge in [0.1, 0.15) is 47.4 Å². The van der Waals surface area contributed by atoms with E-state index in [2.05, 4.69) is 11.8 Å². The maximum absolute atomic E-state index is 13.4. The zero-order valence-corrected chi connectivity index (χ0v) is 36.8. The monoisotopic (exact) mass is 906 g/mol. The van der Waals surface area contributed by atoms with Crippen LogP contribution >= 0.6 is 0 Å². The van der Waals surface area contributed by atoms with Crippen LogP contribution in [-0.4, -0.2) is 80.5 Å². The molecule has 18 heteroatoms. The topological polar surface area (TPSA) is 257 Å². The van der Waals surface area contributed by atoms with Crippen molar-refractivity contribution in [3.8, 4) is 46.3 Å². The molecule has 0 aliphatic carbocycles. The van der Waals surface area contributed by atoms with Crippen LogP contribution in [0.4, 0.5) is 11.4 Å². The Morgan fingerprint density at radius 2 is 1.24 bits per heavy atom. The number of carbonyl (C=O) groups is 2. The summed E-state index contributed by atoms with van der Waals surface area (Å²) in [5.74, 6) is 5.09. The summed E-state index contributed by atoms with van der Waals surface area (Å²) < 4.78 is 33.6. The number of Topliss-reactive ketones (excluding diaryl/α,β-unsaturated/α-hetero) is 2. The Morgan fingerprint density at radius 1 is 0.727 bits per heavy atom. The van der Waals surface area contributed by atoms with Crippen molar-refractivity contribution < 1.29 is 68.3 Å². The van der Waals surface area contributed by atoms with Crippen LogP contribution in [0.25, 0.3) is 18.2 Å². The first-order chi connectivity index (χ1) is 31.4. The standard InChI is InChI=1S/2C24H23NO8/c1-24(2)5-4-17-22(31-3)18(9-19(25(29)30)23(17)33-24)21(28)16-7-13-6-14(10-26)15(11-27)8-20(13)32-12-16;1-24(2)9-8-18-22(31-3)19(12-20(25(29)30)23(18)33-24)21(28)5-4-10-32-17-7-6-15(13-26)16(11-17)14-27/h4-9,26-27H,10-12H2,1-3H3;6-9,11-12,26-27H,10,13-14H2,1-3H3. The fourth-order valence-corrected chi connectivity index (χ4v) is 7.24. The first-order valence-corrected chi connectivity index (χ1v) is 20.2. The second-order valence-corrected chi connectivity index (χ2v) is 16.0. The lowest BCUT2D eigenvalue weighted by Gasteiger charge is -2.29. The number of hydrogen-bond acceptors (Lipinski definition) is 16. The molecule has 0 amide bonds. The molecule has 0 radical (unpaired) electrons. The van der Waals surface area contributed by atoms with Gasteiger partial charge >= 0.3 is 11.4 Å². The molecule has 3 aliphatic heterocycles. The first-order valence-electron chi connectivity index (χ1n) is 20.2. The predicted molar refractivity (Wildman–Crippen MR) is 239 cm³/mol.